The Morgan fingerprint density at radius 3 is 2.63 bits per heavy atom. The Morgan fingerprint density at radius 2 is 1.93 bits per heavy atom. The summed E-state index contributed by atoms with van der Waals surface area (Å²) in [5, 5.41) is 3.98. The third kappa shape index (κ3) is 4.89. The normalized spacial score (nSPS) is 13.9. The largest absolute Gasteiger partial charge is 0.298 e. The highest BCUT2D eigenvalue weighted by molar-refractivity contribution is 7.89. The van der Waals surface area contributed by atoms with E-state index in [1.54, 1.807) is 6.20 Å². The standard InChI is InChI=1S/C21H20ClN3O3S2/c1-13-3-2-4-15(19(13)22)11-17-12-23-21(29-17)24-20(26)14-5-9-18(10-6-14)30(27,28)25-16-7-8-16/h2-6,9-10,12,16,25H,7-8,11H2,1H3,(H,23,24,26). The van der Waals surface area contributed by atoms with Gasteiger partial charge < -0.3 is 0 Å². The SMILES string of the molecule is Cc1cccc(Cc2cnc(NC(=O)c3ccc(S(=O)(=O)NC4CC4)cc3)s2)c1Cl. The van der Waals surface area contributed by atoms with Gasteiger partial charge in [0.25, 0.3) is 5.91 Å². The van der Waals surface area contributed by atoms with Crippen molar-refractivity contribution in [2.45, 2.75) is 37.1 Å². The summed E-state index contributed by atoms with van der Waals surface area (Å²) in [6.45, 7) is 1.96. The quantitative estimate of drug-likeness (QED) is 0.546. The maximum atomic E-state index is 12.5. The first kappa shape index (κ1) is 21.0. The number of sulfonamides is 1. The van der Waals surface area contributed by atoms with Crippen molar-refractivity contribution in [3.63, 3.8) is 0 Å². The zero-order chi connectivity index (χ0) is 21.3. The molecule has 1 heterocycles. The van der Waals surface area contributed by atoms with Crippen molar-refractivity contribution < 1.29 is 13.2 Å². The van der Waals surface area contributed by atoms with Gasteiger partial charge in [-0.2, -0.15) is 0 Å². The molecule has 0 radical (unpaired) electrons. The van der Waals surface area contributed by atoms with Crippen LogP contribution in [-0.4, -0.2) is 25.4 Å². The molecule has 0 atom stereocenters. The minimum atomic E-state index is -3.53. The van der Waals surface area contributed by atoms with E-state index in [1.807, 2.05) is 25.1 Å². The van der Waals surface area contributed by atoms with Gasteiger partial charge in [0.1, 0.15) is 0 Å². The summed E-state index contributed by atoms with van der Waals surface area (Å²) in [7, 11) is -3.53. The zero-order valence-corrected chi connectivity index (χ0v) is 18.6. The second kappa shape index (κ2) is 8.47. The number of hydrogen-bond donors (Lipinski definition) is 2. The Kier molecular flexibility index (Phi) is 5.92. The average molecular weight is 462 g/mol. The van der Waals surface area contributed by atoms with Crippen LogP contribution in [0.15, 0.2) is 53.6 Å². The van der Waals surface area contributed by atoms with Crippen LogP contribution in [0.25, 0.3) is 0 Å². The van der Waals surface area contributed by atoms with Gasteiger partial charge in [-0.25, -0.2) is 18.1 Å². The van der Waals surface area contributed by atoms with Gasteiger partial charge >= 0.3 is 0 Å². The van der Waals surface area contributed by atoms with E-state index in [0.29, 0.717) is 17.1 Å². The number of hydrogen-bond acceptors (Lipinski definition) is 5. The second-order valence-corrected chi connectivity index (χ2v) is 10.4. The van der Waals surface area contributed by atoms with Gasteiger partial charge in [-0.15, -0.1) is 11.3 Å². The maximum Gasteiger partial charge on any atom is 0.257 e. The molecule has 2 N–H and O–H groups in total. The zero-order valence-electron chi connectivity index (χ0n) is 16.2. The number of carbonyl (C=O) groups is 1. The molecule has 156 valence electrons. The lowest BCUT2D eigenvalue weighted by molar-refractivity contribution is 0.102. The Balaban J connectivity index is 1.41. The fourth-order valence-corrected chi connectivity index (χ4v) is 5.25. The number of anilines is 1. The van der Waals surface area contributed by atoms with Crippen molar-refractivity contribution >= 4 is 44.0 Å². The fourth-order valence-electron chi connectivity index (χ4n) is 2.92. The molecule has 0 saturated heterocycles. The first-order valence-electron chi connectivity index (χ1n) is 9.44. The number of amides is 1. The number of aromatic nitrogens is 1. The van der Waals surface area contributed by atoms with Crippen molar-refractivity contribution in [1.82, 2.24) is 9.71 Å². The van der Waals surface area contributed by atoms with Gasteiger partial charge in [-0.05, 0) is 55.2 Å². The number of aryl methyl sites for hydroxylation is 1. The molecule has 30 heavy (non-hydrogen) atoms. The molecule has 1 amide bonds. The van der Waals surface area contributed by atoms with Gasteiger partial charge in [0.05, 0.1) is 4.90 Å². The molecule has 1 aliphatic carbocycles. The molecule has 1 aromatic heterocycles. The molecule has 1 fully saturated rings. The molecular weight excluding hydrogens is 442 g/mol. The maximum absolute atomic E-state index is 12.5. The third-order valence-electron chi connectivity index (χ3n) is 4.74. The lowest BCUT2D eigenvalue weighted by atomic mass is 10.1. The van der Waals surface area contributed by atoms with Gasteiger partial charge in [0, 0.05) is 34.1 Å². The molecule has 3 aromatic rings. The summed E-state index contributed by atoms with van der Waals surface area (Å²) in [4.78, 5) is 17.9. The van der Waals surface area contributed by atoms with Crippen LogP contribution >= 0.6 is 22.9 Å². The number of nitrogens with zero attached hydrogens (tertiary/aromatic N) is 1. The van der Waals surface area contributed by atoms with Crippen LogP contribution in [0.4, 0.5) is 5.13 Å². The monoisotopic (exact) mass is 461 g/mol. The van der Waals surface area contributed by atoms with Crippen LogP contribution < -0.4 is 10.0 Å². The van der Waals surface area contributed by atoms with Crippen molar-refractivity contribution in [3.8, 4) is 0 Å². The van der Waals surface area contributed by atoms with Crippen LogP contribution in [0.1, 0.15) is 39.2 Å². The van der Waals surface area contributed by atoms with Crippen molar-refractivity contribution in [3.05, 3.63) is 75.3 Å². The molecular formula is C21H20ClN3O3S2. The highest BCUT2D eigenvalue weighted by Crippen LogP contribution is 2.27. The van der Waals surface area contributed by atoms with Crippen LogP contribution in [0.5, 0.6) is 0 Å². The van der Waals surface area contributed by atoms with Crippen LogP contribution in [0.2, 0.25) is 5.02 Å². The second-order valence-electron chi connectivity index (χ2n) is 7.23. The molecule has 6 nitrogen and oxygen atoms in total. The summed E-state index contributed by atoms with van der Waals surface area (Å²) in [5.74, 6) is -0.344. The minimum Gasteiger partial charge on any atom is -0.298 e. The van der Waals surface area contributed by atoms with Crippen molar-refractivity contribution in [1.29, 1.82) is 0 Å². The number of nitrogens with one attached hydrogen (secondary N) is 2. The summed E-state index contributed by atoms with van der Waals surface area (Å²) < 4.78 is 27.1. The predicted molar refractivity (Wildman–Crippen MR) is 119 cm³/mol. The molecule has 0 unspecified atom stereocenters. The summed E-state index contributed by atoms with van der Waals surface area (Å²) in [6, 6.07) is 11.8. The molecule has 0 bridgehead atoms. The number of rotatable bonds is 7. The average Bonchev–Trinajstić information content (AvgIpc) is 3.41. The number of halogens is 1. The van der Waals surface area contributed by atoms with E-state index in [-0.39, 0.29) is 16.8 Å². The minimum absolute atomic E-state index is 0.0340. The molecule has 2 aromatic carbocycles. The first-order valence-corrected chi connectivity index (χ1v) is 12.1. The van der Waals surface area contributed by atoms with E-state index in [2.05, 4.69) is 15.0 Å². The van der Waals surface area contributed by atoms with Gasteiger partial charge in [-0.1, -0.05) is 29.8 Å². The fraction of sp³-hybridized carbons (Fsp3) is 0.238. The van der Waals surface area contributed by atoms with Gasteiger partial charge in [0.15, 0.2) is 5.13 Å². The van der Waals surface area contributed by atoms with E-state index in [1.165, 1.54) is 35.6 Å². The topological polar surface area (TPSA) is 88.2 Å². The number of carbonyl (C=O) groups excluding carboxylic acids is 1. The van der Waals surface area contributed by atoms with Crippen LogP contribution in [0.3, 0.4) is 0 Å². The summed E-state index contributed by atoms with van der Waals surface area (Å²) in [5.41, 5.74) is 2.39. The highest BCUT2D eigenvalue weighted by Gasteiger charge is 2.28. The Hall–Kier alpha value is -2.26. The predicted octanol–water partition coefficient (Wildman–Crippen LogP) is 4.39. The first-order chi connectivity index (χ1) is 14.3. The van der Waals surface area contributed by atoms with E-state index in [4.69, 9.17) is 11.6 Å². The van der Waals surface area contributed by atoms with Gasteiger partial charge in [0.2, 0.25) is 10.0 Å². The van der Waals surface area contributed by atoms with E-state index in [0.717, 1.165) is 33.9 Å². The lowest BCUT2D eigenvalue weighted by Crippen LogP contribution is -2.25. The smallest absolute Gasteiger partial charge is 0.257 e. The number of benzene rings is 2. The van der Waals surface area contributed by atoms with Crippen molar-refractivity contribution in [2.24, 2.45) is 0 Å². The lowest BCUT2D eigenvalue weighted by Gasteiger charge is -2.06. The van der Waals surface area contributed by atoms with Gasteiger partial charge in [-0.3, -0.25) is 10.1 Å². The molecule has 4 rings (SSSR count). The third-order valence-corrected chi connectivity index (χ3v) is 7.73. The van der Waals surface area contributed by atoms with E-state index in [9.17, 15) is 13.2 Å². The summed E-state index contributed by atoms with van der Waals surface area (Å²) >= 11 is 7.74. The summed E-state index contributed by atoms with van der Waals surface area (Å²) in [6.07, 6.45) is 4.09. The number of thiazole rings is 1. The molecule has 1 saturated carbocycles. The molecule has 9 heteroatoms. The molecule has 1 aliphatic rings. The van der Waals surface area contributed by atoms with Crippen LogP contribution in [-0.2, 0) is 16.4 Å². The Labute approximate surface area is 184 Å². The van der Waals surface area contributed by atoms with Crippen LogP contribution in [0, 0.1) is 6.92 Å². The van der Waals surface area contributed by atoms with E-state index < -0.39 is 10.0 Å². The Morgan fingerprint density at radius 1 is 1.20 bits per heavy atom. The van der Waals surface area contributed by atoms with Crippen molar-refractivity contribution in [2.75, 3.05) is 5.32 Å². The Bertz CT molecular complexity index is 1190. The molecule has 0 aliphatic heterocycles. The van der Waals surface area contributed by atoms with E-state index >= 15 is 0 Å². The highest BCUT2D eigenvalue weighted by atomic mass is 35.5. The molecule has 0 spiro atoms.